The maximum absolute atomic E-state index is 11.9. The van der Waals surface area contributed by atoms with Crippen LogP contribution in [0.4, 0.5) is 0 Å². The van der Waals surface area contributed by atoms with Crippen LogP contribution in [0, 0.1) is 17.8 Å². The number of nitrogens with one attached hydrogen (secondary N) is 1. The summed E-state index contributed by atoms with van der Waals surface area (Å²) in [5.74, 6) is 2.99. The van der Waals surface area contributed by atoms with Crippen LogP contribution in [0.15, 0.2) is 24.3 Å². The van der Waals surface area contributed by atoms with Gasteiger partial charge in [0.15, 0.2) is 0 Å². The Morgan fingerprint density at radius 1 is 1.14 bits per heavy atom. The molecule has 1 aliphatic heterocycles. The van der Waals surface area contributed by atoms with E-state index in [9.17, 15) is 8.42 Å². The molecule has 5 rings (SSSR count). The highest BCUT2D eigenvalue weighted by Crippen LogP contribution is 2.52. The summed E-state index contributed by atoms with van der Waals surface area (Å²) in [7, 11) is -3.20. The van der Waals surface area contributed by atoms with Crippen molar-refractivity contribution in [2.24, 2.45) is 17.8 Å². The van der Waals surface area contributed by atoms with Crippen molar-refractivity contribution in [1.82, 2.24) is 9.62 Å². The van der Waals surface area contributed by atoms with Gasteiger partial charge in [-0.15, -0.1) is 0 Å². The topological polar surface area (TPSA) is 49.4 Å². The summed E-state index contributed by atoms with van der Waals surface area (Å²) < 4.78 is 26.7. The van der Waals surface area contributed by atoms with Crippen LogP contribution in [0.1, 0.15) is 68.5 Å². The van der Waals surface area contributed by atoms with Crippen LogP contribution < -0.4 is 4.72 Å². The molecular formula is C23H34N2O2S. The van der Waals surface area contributed by atoms with E-state index in [1.54, 1.807) is 0 Å². The number of hydrogen-bond donors (Lipinski definition) is 1. The molecule has 3 aliphatic carbocycles. The quantitative estimate of drug-likeness (QED) is 0.832. The summed E-state index contributed by atoms with van der Waals surface area (Å²) in [4.78, 5) is 2.71. The van der Waals surface area contributed by atoms with E-state index in [-0.39, 0.29) is 11.5 Å². The molecule has 1 N–H and O–H groups in total. The fourth-order valence-electron chi connectivity index (χ4n) is 6.95. The molecule has 0 bridgehead atoms. The van der Waals surface area contributed by atoms with Gasteiger partial charge < -0.3 is 4.90 Å². The Hall–Kier alpha value is -0.910. The summed E-state index contributed by atoms with van der Waals surface area (Å²) in [6.07, 6.45) is 11.8. The maximum atomic E-state index is 11.9. The second-order valence-corrected chi connectivity index (χ2v) is 11.8. The number of rotatable bonds is 4. The van der Waals surface area contributed by atoms with Gasteiger partial charge in [-0.25, -0.2) is 13.1 Å². The minimum absolute atomic E-state index is 0.0626. The van der Waals surface area contributed by atoms with Crippen LogP contribution >= 0.6 is 0 Å². The maximum Gasteiger partial charge on any atom is 0.209 e. The van der Waals surface area contributed by atoms with E-state index in [1.165, 1.54) is 56.0 Å². The smallest absolute Gasteiger partial charge is 0.209 e. The molecule has 0 aromatic heterocycles. The second kappa shape index (κ2) is 7.10. The van der Waals surface area contributed by atoms with E-state index in [4.69, 9.17) is 0 Å². The van der Waals surface area contributed by atoms with Crippen LogP contribution in [0.5, 0.6) is 0 Å². The van der Waals surface area contributed by atoms with Crippen LogP contribution in [0.2, 0.25) is 0 Å². The Morgan fingerprint density at radius 2 is 1.89 bits per heavy atom. The lowest BCUT2D eigenvalue weighted by Crippen LogP contribution is -2.49. The third-order valence-corrected chi connectivity index (χ3v) is 9.06. The fraction of sp³-hybridized carbons (Fsp3) is 0.739. The zero-order chi connectivity index (χ0) is 19.4. The van der Waals surface area contributed by atoms with Crippen molar-refractivity contribution in [3.63, 3.8) is 0 Å². The highest BCUT2D eigenvalue weighted by atomic mass is 32.2. The van der Waals surface area contributed by atoms with Gasteiger partial charge in [-0.3, -0.25) is 0 Å². The van der Waals surface area contributed by atoms with Gasteiger partial charge in [0.1, 0.15) is 0 Å². The van der Waals surface area contributed by atoms with E-state index in [0.717, 1.165) is 50.1 Å². The Kier molecular flexibility index (Phi) is 4.84. The molecule has 2 saturated carbocycles. The van der Waals surface area contributed by atoms with Crippen molar-refractivity contribution in [3.05, 3.63) is 35.4 Å². The lowest BCUT2D eigenvalue weighted by atomic mass is 9.58. The molecule has 4 atom stereocenters. The number of hydrogen-bond acceptors (Lipinski definition) is 3. The van der Waals surface area contributed by atoms with Crippen molar-refractivity contribution in [1.29, 1.82) is 0 Å². The van der Waals surface area contributed by atoms with Gasteiger partial charge in [-0.05, 0) is 79.5 Å². The zero-order valence-electron chi connectivity index (χ0n) is 17.1. The van der Waals surface area contributed by atoms with Crippen molar-refractivity contribution in [2.45, 2.75) is 62.8 Å². The zero-order valence-corrected chi connectivity index (χ0v) is 17.9. The predicted octanol–water partition coefficient (Wildman–Crippen LogP) is 3.84. The van der Waals surface area contributed by atoms with Crippen LogP contribution in [0.25, 0.3) is 0 Å². The first-order valence-electron chi connectivity index (χ1n) is 11.2. The van der Waals surface area contributed by atoms with E-state index in [1.807, 2.05) is 6.07 Å². The number of piperidine rings is 1. The first kappa shape index (κ1) is 19.1. The van der Waals surface area contributed by atoms with Crippen LogP contribution in [0.3, 0.4) is 0 Å². The molecule has 1 spiro atoms. The van der Waals surface area contributed by atoms with Gasteiger partial charge in [-0.1, -0.05) is 43.5 Å². The van der Waals surface area contributed by atoms with Crippen LogP contribution in [-0.2, 0) is 15.4 Å². The molecule has 1 saturated heterocycles. The molecule has 4 nitrogen and oxygen atoms in total. The van der Waals surface area contributed by atoms with Gasteiger partial charge in [0.05, 0.1) is 6.26 Å². The molecule has 1 heterocycles. The largest absolute Gasteiger partial charge is 0.303 e. The van der Waals surface area contributed by atoms with E-state index < -0.39 is 10.0 Å². The molecule has 28 heavy (non-hydrogen) atoms. The average molecular weight is 403 g/mol. The SMILES string of the molecule is CS(=O)(=O)N[C@@H]1CC2(CCN(C[C@H]3CC4CCCC[C@@H]43)CC2)c2ccccc21. The highest BCUT2D eigenvalue weighted by molar-refractivity contribution is 7.88. The Bertz CT molecular complexity index is 829. The van der Waals surface area contributed by atoms with Crippen molar-refractivity contribution >= 4 is 10.0 Å². The lowest BCUT2D eigenvalue weighted by molar-refractivity contribution is -0.00322. The molecule has 1 aromatic rings. The van der Waals surface area contributed by atoms with Crippen LogP contribution in [-0.4, -0.2) is 39.2 Å². The molecule has 1 unspecified atom stereocenters. The molecule has 0 radical (unpaired) electrons. The van der Waals surface area contributed by atoms with Crippen molar-refractivity contribution < 1.29 is 8.42 Å². The Morgan fingerprint density at radius 3 is 2.64 bits per heavy atom. The third kappa shape index (κ3) is 3.44. The third-order valence-electron chi connectivity index (χ3n) is 8.34. The molecule has 4 aliphatic rings. The fourth-order valence-corrected chi connectivity index (χ4v) is 7.68. The molecular weight excluding hydrogens is 368 g/mol. The molecule has 1 aromatic carbocycles. The van der Waals surface area contributed by atoms with Gasteiger partial charge in [-0.2, -0.15) is 0 Å². The van der Waals surface area contributed by atoms with Crippen molar-refractivity contribution in [3.8, 4) is 0 Å². The lowest BCUT2D eigenvalue weighted by Gasteiger charge is -2.51. The number of likely N-dealkylation sites (tertiary alicyclic amines) is 1. The summed E-state index contributed by atoms with van der Waals surface area (Å²) in [6.45, 7) is 3.62. The Labute approximate surface area is 170 Å². The molecule has 154 valence electrons. The van der Waals surface area contributed by atoms with E-state index in [0.29, 0.717) is 0 Å². The molecule has 5 heteroatoms. The summed E-state index contributed by atoms with van der Waals surface area (Å²) >= 11 is 0. The van der Waals surface area contributed by atoms with Gasteiger partial charge >= 0.3 is 0 Å². The number of nitrogens with zero attached hydrogens (tertiary/aromatic N) is 1. The number of fused-ring (bicyclic) bond motifs is 3. The predicted molar refractivity (Wildman–Crippen MR) is 113 cm³/mol. The minimum atomic E-state index is -3.20. The summed E-state index contributed by atoms with van der Waals surface area (Å²) in [5.41, 5.74) is 2.75. The average Bonchev–Trinajstić information content (AvgIpc) is 2.93. The number of benzene rings is 1. The van der Waals surface area contributed by atoms with E-state index in [2.05, 4.69) is 27.8 Å². The van der Waals surface area contributed by atoms with Gasteiger partial charge in [0.25, 0.3) is 0 Å². The number of sulfonamides is 1. The molecule has 3 fully saturated rings. The highest BCUT2D eigenvalue weighted by Gasteiger charge is 2.47. The van der Waals surface area contributed by atoms with Crippen molar-refractivity contribution in [2.75, 3.05) is 25.9 Å². The second-order valence-electron chi connectivity index (χ2n) is 10.0. The minimum Gasteiger partial charge on any atom is -0.303 e. The first-order chi connectivity index (χ1) is 13.4. The van der Waals surface area contributed by atoms with E-state index >= 15 is 0 Å². The standard InChI is InChI=1S/C23H34N2O2S/c1-28(26,27)24-22-15-23(21-9-5-4-8-20(21)22)10-12-25(13-11-23)16-18-14-17-6-2-3-7-19(17)18/h4-5,8-9,17-19,22,24H,2-3,6-7,10-16H2,1H3/t17?,18-,19+,22-/m1/s1. The first-order valence-corrected chi connectivity index (χ1v) is 13.1. The summed E-state index contributed by atoms with van der Waals surface area (Å²) in [5, 5.41) is 0. The summed E-state index contributed by atoms with van der Waals surface area (Å²) in [6, 6.07) is 8.46. The normalized spacial score (nSPS) is 34.6. The monoisotopic (exact) mass is 402 g/mol. The van der Waals surface area contributed by atoms with Gasteiger partial charge in [0, 0.05) is 12.6 Å². The Balaban J connectivity index is 1.25. The van der Waals surface area contributed by atoms with Gasteiger partial charge in [0.2, 0.25) is 10.0 Å². The molecule has 0 amide bonds.